The summed E-state index contributed by atoms with van der Waals surface area (Å²) < 4.78 is 33.0. The third-order valence-electron chi connectivity index (χ3n) is 3.82. The van der Waals surface area contributed by atoms with Crippen molar-refractivity contribution in [2.45, 2.75) is 11.4 Å². The van der Waals surface area contributed by atoms with Crippen molar-refractivity contribution in [3.05, 3.63) is 82.7 Å². The van der Waals surface area contributed by atoms with Crippen LogP contribution in [0.5, 0.6) is 0 Å². The molecule has 2 aromatic carbocycles. The second kappa shape index (κ2) is 10.2. The van der Waals surface area contributed by atoms with Gasteiger partial charge in [0.15, 0.2) is 0 Å². The molecule has 2 amide bonds. The third-order valence-corrected chi connectivity index (χ3v) is 5.73. The lowest BCUT2D eigenvalue weighted by molar-refractivity contribution is -0.136. The predicted molar refractivity (Wildman–Crippen MR) is 118 cm³/mol. The molecule has 0 spiro atoms. The summed E-state index contributed by atoms with van der Waals surface area (Å²) in [5.41, 5.74) is 2.54. The summed E-state index contributed by atoms with van der Waals surface area (Å²) in [6.45, 7) is -0.0630. The molecular weight excluding hydrogens is 488 g/mol. The number of amides is 2. The van der Waals surface area contributed by atoms with E-state index in [0.717, 1.165) is 4.47 Å². The molecule has 0 aliphatic rings. The number of rotatable bonds is 7. The lowest BCUT2D eigenvalue weighted by Crippen LogP contribution is -2.32. The van der Waals surface area contributed by atoms with Crippen LogP contribution in [0.25, 0.3) is 0 Å². The molecular formula is C20H17BrN4O5S. The number of nitrogens with zero attached hydrogens (tertiary/aromatic N) is 1. The van der Waals surface area contributed by atoms with Gasteiger partial charge in [0, 0.05) is 10.2 Å². The van der Waals surface area contributed by atoms with Gasteiger partial charge in [0.05, 0.1) is 17.7 Å². The Hall–Kier alpha value is -3.28. The van der Waals surface area contributed by atoms with E-state index >= 15 is 0 Å². The molecule has 0 saturated heterocycles. The summed E-state index contributed by atoms with van der Waals surface area (Å²) in [5, 5.41) is 6.10. The minimum atomic E-state index is -3.66. The summed E-state index contributed by atoms with van der Waals surface area (Å²) in [6, 6.07) is 17.8. The smallest absolute Gasteiger partial charge is 0.329 e. The minimum Gasteiger partial charge on any atom is -0.459 e. The number of sulfonamides is 1. The molecule has 0 bridgehead atoms. The van der Waals surface area contributed by atoms with Crippen molar-refractivity contribution in [3.8, 4) is 0 Å². The number of benzene rings is 2. The molecule has 3 rings (SSSR count). The minimum absolute atomic E-state index is 0.0630. The van der Waals surface area contributed by atoms with Crippen molar-refractivity contribution in [2.75, 3.05) is 5.32 Å². The molecule has 0 radical (unpaired) electrons. The van der Waals surface area contributed by atoms with Gasteiger partial charge in [0.1, 0.15) is 11.5 Å². The number of furan rings is 1. The first-order chi connectivity index (χ1) is 14.8. The van der Waals surface area contributed by atoms with E-state index in [1.807, 2.05) is 0 Å². The van der Waals surface area contributed by atoms with Crippen LogP contribution in [-0.2, 0) is 26.2 Å². The number of nitrogens with one attached hydrogen (secondary N) is 3. The van der Waals surface area contributed by atoms with Crippen LogP contribution in [0.15, 0.2) is 85.6 Å². The molecule has 31 heavy (non-hydrogen) atoms. The zero-order chi connectivity index (χ0) is 22.3. The number of carbonyl (C=O) groups excluding carboxylic acids is 2. The van der Waals surface area contributed by atoms with Gasteiger partial charge >= 0.3 is 11.8 Å². The van der Waals surface area contributed by atoms with Crippen LogP contribution in [-0.4, -0.2) is 26.4 Å². The third kappa shape index (κ3) is 6.60. The zero-order valence-corrected chi connectivity index (χ0v) is 18.3. The maximum Gasteiger partial charge on any atom is 0.329 e. The summed E-state index contributed by atoms with van der Waals surface area (Å²) in [4.78, 5) is 23.8. The first-order valence-electron chi connectivity index (χ1n) is 8.87. The Kier molecular flexibility index (Phi) is 7.34. The molecule has 3 aromatic rings. The van der Waals surface area contributed by atoms with E-state index in [9.17, 15) is 18.0 Å². The van der Waals surface area contributed by atoms with Crippen LogP contribution < -0.4 is 15.5 Å². The van der Waals surface area contributed by atoms with Crippen LogP contribution >= 0.6 is 15.9 Å². The van der Waals surface area contributed by atoms with Gasteiger partial charge in [-0.15, -0.1) is 0 Å². The Morgan fingerprint density at radius 3 is 2.52 bits per heavy atom. The van der Waals surface area contributed by atoms with Crippen molar-refractivity contribution in [3.63, 3.8) is 0 Å². The molecule has 0 aliphatic heterocycles. The standard InChI is InChI=1S/C20H17BrN4O5S/c21-14-5-4-6-15(11-14)24-19(26)20(27)25-22-12-16-9-10-17(30-16)13-23-31(28,29)18-7-2-1-3-8-18/h1-12,23H,13H2,(H,24,26)(H,25,27)/b22-12+. The van der Waals surface area contributed by atoms with Crippen molar-refractivity contribution in [2.24, 2.45) is 5.10 Å². The molecule has 1 heterocycles. The summed E-state index contributed by atoms with van der Waals surface area (Å²) in [5.74, 6) is -1.23. The van der Waals surface area contributed by atoms with E-state index in [1.54, 1.807) is 54.6 Å². The largest absolute Gasteiger partial charge is 0.459 e. The van der Waals surface area contributed by atoms with E-state index < -0.39 is 21.8 Å². The van der Waals surface area contributed by atoms with Gasteiger partial charge in [-0.3, -0.25) is 9.59 Å². The molecule has 1 aromatic heterocycles. The highest BCUT2D eigenvalue weighted by Gasteiger charge is 2.14. The molecule has 0 atom stereocenters. The first kappa shape index (κ1) is 22.4. The molecule has 3 N–H and O–H groups in total. The van der Waals surface area contributed by atoms with Gasteiger partial charge < -0.3 is 9.73 Å². The van der Waals surface area contributed by atoms with E-state index in [1.165, 1.54) is 18.3 Å². The van der Waals surface area contributed by atoms with Gasteiger partial charge in [-0.05, 0) is 42.5 Å². The highest BCUT2D eigenvalue weighted by atomic mass is 79.9. The van der Waals surface area contributed by atoms with Gasteiger partial charge in [0.25, 0.3) is 0 Å². The first-order valence-corrected chi connectivity index (χ1v) is 11.1. The number of carbonyl (C=O) groups is 2. The van der Waals surface area contributed by atoms with Crippen LogP contribution in [0, 0.1) is 0 Å². The molecule has 0 fully saturated rings. The quantitative estimate of drug-likeness (QED) is 0.258. The van der Waals surface area contributed by atoms with Gasteiger partial charge in [-0.2, -0.15) is 5.10 Å². The average Bonchev–Trinajstić information content (AvgIpc) is 3.21. The van der Waals surface area contributed by atoms with Crippen LogP contribution in [0.3, 0.4) is 0 Å². The van der Waals surface area contributed by atoms with E-state index in [0.29, 0.717) is 11.4 Å². The average molecular weight is 505 g/mol. The Bertz CT molecular complexity index is 1210. The van der Waals surface area contributed by atoms with E-state index in [2.05, 4.69) is 36.5 Å². The number of halogens is 1. The zero-order valence-electron chi connectivity index (χ0n) is 15.9. The molecule has 11 heteroatoms. The lowest BCUT2D eigenvalue weighted by Gasteiger charge is -2.04. The SMILES string of the molecule is O=C(N/N=C/c1ccc(CNS(=O)(=O)c2ccccc2)o1)C(=O)Nc1cccc(Br)c1. The molecule has 0 aliphatic carbocycles. The second-order valence-corrected chi connectivity index (χ2v) is 8.79. The Morgan fingerprint density at radius 2 is 1.77 bits per heavy atom. The maximum atomic E-state index is 12.2. The number of hydrogen-bond donors (Lipinski definition) is 3. The van der Waals surface area contributed by atoms with Crippen LogP contribution in [0.2, 0.25) is 0 Å². The molecule has 160 valence electrons. The maximum absolute atomic E-state index is 12.2. The lowest BCUT2D eigenvalue weighted by atomic mass is 10.3. The van der Waals surface area contributed by atoms with Gasteiger partial charge in [0.2, 0.25) is 10.0 Å². The fourth-order valence-corrected chi connectivity index (χ4v) is 3.78. The molecule has 9 nitrogen and oxygen atoms in total. The number of anilines is 1. The van der Waals surface area contributed by atoms with Gasteiger partial charge in [-0.1, -0.05) is 40.2 Å². The second-order valence-electron chi connectivity index (χ2n) is 6.11. The Labute approximate surface area is 186 Å². The molecule has 0 unspecified atom stereocenters. The summed E-state index contributed by atoms with van der Waals surface area (Å²) in [6.07, 6.45) is 1.19. The van der Waals surface area contributed by atoms with Crippen molar-refractivity contribution < 1.29 is 22.4 Å². The Morgan fingerprint density at radius 1 is 1.00 bits per heavy atom. The van der Waals surface area contributed by atoms with Crippen molar-refractivity contribution in [1.29, 1.82) is 0 Å². The highest BCUT2D eigenvalue weighted by molar-refractivity contribution is 9.10. The predicted octanol–water partition coefficient (Wildman–Crippen LogP) is 2.61. The fraction of sp³-hybridized carbons (Fsp3) is 0.0500. The van der Waals surface area contributed by atoms with E-state index in [-0.39, 0.29) is 17.2 Å². The van der Waals surface area contributed by atoms with Crippen molar-refractivity contribution in [1.82, 2.24) is 10.1 Å². The fourth-order valence-electron chi connectivity index (χ4n) is 2.37. The number of hydrogen-bond acceptors (Lipinski definition) is 6. The van der Waals surface area contributed by atoms with E-state index in [4.69, 9.17) is 4.42 Å². The monoisotopic (exact) mass is 504 g/mol. The summed E-state index contributed by atoms with van der Waals surface area (Å²) >= 11 is 3.27. The number of hydrazone groups is 1. The van der Waals surface area contributed by atoms with Gasteiger partial charge in [-0.25, -0.2) is 18.6 Å². The molecule has 0 saturated carbocycles. The van der Waals surface area contributed by atoms with Crippen LogP contribution in [0.1, 0.15) is 11.5 Å². The topological polar surface area (TPSA) is 130 Å². The summed E-state index contributed by atoms with van der Waals surface area (Å²) in [7, 11) is -3.66. The normalized spacial score (nSPS) is 11.4. The highest BCUT2D eigenvalue weighted by Crippen LogP contribution is 2.15. The Balaban J connectivity index is 1.50. The van der Waals surface area contributed by atoms with Crippen LogP contribution in [0.4, 0.5) is 5.69 Å². The van der Waals surface area contributed by atoms with Crippen molar-refractivity contribution >= 4 is 49.7 Å².